The normalized spacial score (nSPS) is 10.3. The SMILES string of the molecule is Cc1ccsc1C(=O)N(C)Cc1cccc(N)c1. The number of carbonyl (C=O) groups is 1. The molecule has 4 heteroatoms. The minimum absolute atomic E-state index is 0.0601. The number of nitrogen functional groups attached to an aromatic ring is 1. The molecule has 0 saturated carbocycles. The van der Waals surface area contributed by atoms with Crippen LogP contribution in [0, 0.1) is 6.92 Å². The Balaban J connectivity index is 2.11. The maximum Gasteiger partial charge on any atom is 0.264 e. The van der Waals surface area contributed by atoms with E-state index in [-0.39, 0.29) is 5.91 Å². The lowest BCUT2D eigenvalue weighted by Crippen LogP contribution is -2.25. The molecule has 2 N–H and O–H groups in total. The molecular formula is C14H16N2OS. The van der Waals surface area contributed by atoms with E-state index < -0.39 is 0 Å². The molecule has 0 aliphatic heterocycles. The fourth-order valence-corrected chi connectivity index (χ4v) is 2.72. The number of hydrogen-bond acceptors (Lipinski definition) is 3. The molecule has 0 fully saturated rings. The zero-order valence-electron chi connectivity index (χ0n) is 10.5. The maximum atomic E-state index is 12.2. The molecular weight excluding hydrogens is 244 g/mol. The van der Waals surface area contributed by atoms with Gasteiger partial charge in [0.2, 0.25) is 0 Å². The van der Waals surface area contributed by atoms with E-state index in [2.05, 4.69) is 0 Å². The maximum absolute atomic E-state index is 12.2. The van der Waals surface area contributed by atoms with Crippen molar-refractivity contribution in [2.24, 2.45) is 0 Å². The monoisotopic (exact) mass is 260 g/mol. The lowest BCUT2D eigenvalue weighted by atomic mass is 10.2. The van der Waals surface area contributed by atoms with Crippen LogP contribution in [0.25, 0.3) is 0 Å². The average molecular weight is 260 g/mol. The lowest BCUT2D eigenvalue weighted by Gasteiger charge is -2.17. The summed E-state index contributed by atoms with van der Waals surface area (Å²) in [5.74, 6) is 0.0601. The van der Waals surface area contributed by atoms with Crippen molar-refractivity contribution in [1.29, 1.82) is 0 Å². The highest BCUT2D eigenvalue weighted by molar-refractivity contribution is 7.12. The third-order valence-electron chi connectivity index (χ3n) is 2.77. The first-order valence-corrected chi connectivity index (χ1v) is 6.60. The van der Waals surface area contributed by atoms with Gasteiger partial charge >= 0.3 is 0 Å². The van der Waals surface area contributed by atoms with Crippen LogP contribution >= 0.6 is 11.3 Å². The molecule has 2 rings (SSSR count). The summed E-state index contributed by atoms with van der Waals surface area (Å²) >= 11 is 1.48. The first kappa shape index (κ1) is 12.6. The van der Waals surface area contributed by atoms with E-state index in [1.54, 1.807) is 4.90 Å². The molecule has 1 amide bonds. The summed E-state index contributed by atoms with van der Waals surface area (Å²) in [5, 5.41) is 1.94. The number of rotatable bonds is 3. The molecule has 3 nitrogen and oxygen atoms in total. The van der Waals surface area contributed by atoms with Crippen LogP contribution in [0.4, 0.5) is 5.69 Å². The molecule has 0 spiro atoms. The minimum atomic E-state index is 0.0601. The summed E-state index contributed by atoms with van der Waals surface area (Å²) in [6.45, 7) is 2.53. The van der Waals surface area contributed by atoms with E-state index in [4.69, 9.17) is 5.73 Å². The van der Waals surface area contributed by atoms with Gasteiger partial charge in [0, 0.05) is 19.3 Å². The molecule has 1 aromatic heterocycles. The highest BCUT2D eigenvalue weighted by Gasteiger charge is 2.15. The predicted molar refractivity (Wildman–Crippen MR) is 75.7 cm³/mol. The molecule has 18 heavy (non-hydrogen) atoms. The van der Waals surface area contributed by atoms with Crippen molar-refractivity contribution in [3.05, 3.63) is 51.7 Å². The Kier molecular flexibility index (Phi) is 3.67. The van der Waals surface area contributed by atoms with Crippen LogP contribution in [0.1, 0.15) is 20.8 Å². The second-order valence-corrected chi connectivity index (χ2v) is 5.26. The number of benzene rings is 1. The molecule has 1 aromatic carbocycles. The Bertz CT molecular complexity index is 562. The molecule has 0 atom stereocenters. The summed E-state index contributed by atoms with van der Waals surface area (Å²) < 4.78 is 0. The number of nitrogens with zero attached hydrogens (tertiary/aromatic N) is 1. The second kappa shape index (κ2) is 5.23. The summed E-state index contributed by atoms with van der Waals surface area (Å²) in [5.41, 5.74) is 8.52. The predicted octanol–water partition coefficient (Wildman–Crippen LogP) is 2.91. The van der Waals surface area contributed by atoms with E-state index in [1.807, 2.05) is 49.7 Å². The van der Waals surface area contributed by atoms with Crippen molar-refractivity contribution < 1.29 is 4.79 Å². The van der Waals surface area contributed by atoms with E-state index in [1.165, 1.54) is 11.3 Å². The van der Waals surface area contributed by atoms with Crippen molar-refractivity contribution in [2.75, 3.05) is 12.8 Å². The number of carbonyl (C=O) groups excluding carboxylic acids is 1. The summed E-state index contributed by atoms with van der Waals surface area (Å²) in [6.07, 6.45) is 0. The van der Waals surface area contributed by atoms with Crippen molar-refractivity contribution in [3.63, 3.8) is 0 Å². The molecule has 0 aliphatic carbocycles. The fourth-order valence-electron chi connectivity index (χ4n) is 1.80. The van der Waals surface area contributed by atoms with Gasteiger partial charge in [0.15, 0.2) is 0 Å². The minimum Gasteiger partial charge on any atom is -0.399 e. The fraction of sp³-hybridized carbons (Fsp3) is 0.214. The zero-order valence-corrected chi connectivity index (χ0v) is 11.3. The van der Waals surface area contributed by atoms with Crippen LogP contribution in [0.3, 0.4) is 0 Å². The Hall–Kier alpha value is -1.81. The Morgan fingerprint density at radius 3 is 2.78 bits per heavy atom. The molecule has 0 bridgehead atoms. The van der Waals surface area contributed by atoms with Crippen molar-refractivity contribution in [1.82, 2.24) is 4.90 Å². The van der Waals surface area contributed by atoms with Gasteiger partial charge in [-0.05, 0) is 41.6 Å². The molecule has 94 valence electrons. The standard InChI is InChI=1S/C14H16N2OS/c1-10-6-7-18-13(10)14(17)16(2)9-11-4-3-5-12(15)8-11/h3-8H,9,15H2,1-2H3. The van der Waals surface area contributed by atoms with Crippen LogP contribution in [0.5, 0.6) is 0 Å². The number of aryl methyl sites for hydroxylation is 1. The van der Waals surface area contributed by atoms with Crippen LogP contribution in [-0.4, -0.2) is 17.9 Å². The molecule has 0 unspecified atom stereocenters. The van der Waals surface area contributed by atoms with Crippen LogP contribution in [0.2, 0.25) is 0 Å². The van der Waals surface area contributed by atoms with Gasteiger partial charge in [0.1, 0.15) is 0 Å². The average Bonchev–Trinajstić information content (AvgIpc) is 2.74. The quantitative estimate of drug-likeness (QED) is 0.862. The number of thiophene rings is 1. The van der Waals surface area contributed by atoms with Gasteiger partial charge < -0.3 is 10.6 Å². The second-order valence-electron chi connectivity index (χ2n) is 4.34. The van der Waals surface area contributed by atoms with Gasteiger partial charge in [0.25, 0.3) is 5.91 Å². The van der Waals surface area contributed by atoms with Gasteiger partial charge in [-0.3, -0.25) is 4.79 Å². The van der Waals surface area contributed by atoms with Crippen molar-refractivity contribution in [2.45, 2.75) is 13.5 Å². The zero-order chi connectivity index (χ0) is 13.1. The summed E-state index contributed by atoms with van der Waals surface area (Å²) in [7, 11) is 1.81. The van der Waals surface area contributed by atoms with Crippen molar-refractivity contribution >= 4 is 22.9 Å². The van der Waals surface area contributed by atoms with Crippen LogP contribution in [-0.2, 0) is 6.54 Å². The van der Waals surface area contributed by atoms with Gasteiger partial charge in [-0.2, -0.15) is 0 Å². The van der Waals surface area contributed by atoms with E-state index in [0.29, 0.717) is 6.54 Å². The Morgan fingerprint density at radius 1 is 1.39 bits per heavy atom. The first-order valence-electron chi connectivity index (χ1n) is 5.72. The highest BCUT2D eigenvalue weighted by atomic mass is 32.1. The topological polar surface area (TPSA) is 46.3 Å². The van der Waals surface area contributed by atoms with Gasteiger partial charge in [-0.15, -0.1) is 11.3 Å². The van der Waals surface area contributed by atoms with Crippen molar-refractivity contribution in [3.8, 4) is 0 Å². The Morgan fingerprint density at radius 2 is 2.17 bits per heavy atom. The number of amides is 1. The lowest BCUT2D eigenvalue weighted by molar-refractivity contribution is 0.0789. The molecule has 0 radical (unpaired) electrons. The number of anilines is 1. The van der Waals surface area contributed by atoms with E-state index >= 15 is 0 Å². The largest absolute Gasteiger partial charge is 0.399 e. The van der Waals surface area contributed by atoms with Gasteiger partial charge in [0.05, 0.1) is 4.88 Å². The van der Waals surface area contributed by atoms with Gasteiger partial charge in [-0.1, -0.05) is 12.1 Å². The third kappa shape index (κ3) is 2.71. The highest BCUT2D eigenvalue weighted by Crippen LogP contribution is 2.18. The third-order valence-corrected chi connectivity index (χ3v) is 3.78. The molecule has 2 aromatic rings. The number of nitrogens with two attached hydrogens (primary N) is 1. The first-order chi connectivity index (χ1) is 8.58. The smallest absolute Gasteiger partial charge is 0.264 e. The molecule has 1 heterocycles. The van der Waals surface area contributed by atoms with Gasteiger partial charge in [-0.25, -0.2) is 0 Å². The molecule has 0 saturated heterocycles. The number of hydrogen-bond donors (Lipinski definition) is 1. The molecule has 0 aliphatic rings. The van der Waals surface area contributed by atoms with Crippen LogP contribution in [0.15, 0.2) is 35.7 Å². The van der Waals surface area contributed by atoms with E-state index in [9.17, 15) is 4.79 Å². The van der Waals surface area contributed by atoms with E-state index in [0.717, 1.165) is 21.7 Å². The summed E-state index contributed by atoms with van der Waals surface area (Å²) in [6, 6.07) is 9.58. The summed E-state index contributed by atoms with van der Waals surface area (Å²) in [4.78, 5) is 14.7. The van der Waals surface area contributed by atoms with Crippen LogP contribution < -0.4 is 5.73 Å². The Labute approximate surface area is 111 Å².